The summed E-state index contributed by atoms with van der Waals surface area (Å²) in [7, 11) is 0. The Morgan fingerprint density at radius 2 is 2.05 bits per heavy atom. The highest BCUT2D eigenvalue weighted by Crippen LogP contribution is 2.49. The molecule has 4 unspecified atom stereocenters. The zero-order valence-corrected chi connectivity index (χ0v) is 12.4. The SMILES string of the molecule is Cc1ccccc1C1CC1C(=O)N1CCC(N)CC1C. The number of aryl methyl sites for hydroxylation is 1. The molecule has 4 atom stereocenters. The number of hydrogen-bond acceptors (Lipinski definition) is 2. The van der Waals surface area contributed by atoms with Crippen LogP contribution in [0, 0.1) is 12.8 Å². The number of piperidine rings is 1. The topological polar surface area (TPSA) is 46.3 Å². The fourth-order valence-electron chi connectivity index (χ4n) is 3.56. The Morgan fingerprint density at radius 1 is 1.30 bits per heavy atom. The molecule has 0 spiro atoms. The Bertz CT molecular complexity index is 513. The predicted octanol–water partition coefficient (Wildman–Crippen LogP) is 2.44. The maximum atomic E-state index is 12.7. The molecule has 20 heavy (non-hydrogen) atoms. The lowest BCUT2D eigenvalue weighted by atomic mass is 9.98. The van der Waals surface area contributed by atoms with Crippen LogP contribution in [0.3, 0.4) is 0 Å². The Kier molecular flexibility index (Phi) is 3.55. The molecule has 1 heterocycles. The zero-order valence-electron chi connectivity index (χ0n) is 12.4. The molecule has 2 N–H and O–H groups in total. The Labute approximate surface area is 121 Å². The average Bonchev–Trinajstić information content (AvgIpc) is 3.19. The van der Waals surface area contributed by atoms with E-state index in [-0.39, 0.29) is 12.0 Å². The molecule has 1 saturated carbocycles. The van der Waals surface area contributed by atoms with Gasteiger partial charge < -0.3 is 10.6 Å². The second kappa shape index (κ2) is 5.21. The van der Waals surface area contributed by atoms with Crippen LogP contribution in [-0.4, -0.2) is 29.4 Å². The zero-order chi connectivity index (χ0) is 14.3. The van der Waals surface area contributed by atoms with Crippen LogP contribution in [0.5, 0.6) is 0 Å². The molecule has 0 aromatic heterocycles. The number of rotatable bonds is 2. The normalized spacial score (nSPS) is 33.0. The third-order valence-corrected chi connectivity index (χ3v) is 4.90. The molecule has 1 aliphatic heterocycles. The lowest BCUT2D eigenvalue weighted by molar-refractivity contribution is -0.136. The van der Waals surface area contributed by atoms with E-state index in [4.69, 9.17) is 5.73 Å². The monoisotopic (exact) mass is 272 g/mol. The van der Waals surface area contributed by atoms with Crippen LogP contribution in [0.4, 0.5) is 0 Å². The van der Waals surface area contributed by atoms with Gasteiger partial charge in [-0.25, -0.2) is 0 Å². The van der Waals surface area contributed by atoms with Crippen molar-refractivity contribution < 1.29 is 4.79 Å². The van der Waals surface area contributed by atoms with Crippen molar-refractivity contribution >= 4 is 5.91 Å². The van der Waals surface area contributed by atoms with Crippen molar-refractivity contribution in [2.45, 2.75) is 51.1 Å². The smallest absolute Gasteiger partial charge is 0.226 e. The molecule has 3 heteroatoms. The van der Waals surface area contributed by atoms with Crippen molar-refractivity contribution in [3.8, 4) is 0 Å². The van der Waals surface area contributed by atoms with Crippen molar-refractivity contribution in [2.75, 3.05) is 6.54 Å². The van der Waals surface area contributed by atoms with Gasteiger partial charge in [0.2, 0.25) is 5.91 Å². The van der Waals surface area contributed by atoms with Gasteiger partial charge in [0, 0.05) is 24.5 Å². The summed E-state index contributed by atoms with van der Waals surface area (Å²) >= 11 is 0. The first kappa shape index (κ1) is 13.6. The average molecular weight is 272 g/mol. The highest BCUT2D eigenvalue weighted by Gasteiger charge is 2.47. The van der Waals surface area contributed by atoms with Crippen molar-refractivity contribution in [1.29, 1.82) is 0 Å². The number of hydrogen-bond donors (Lipinski definition) is 1. The van der Waals surface area contributed by atoms with E-state index in [1.807, 2.05) is 0 Å². The van der Waals surface area contributed by atoms with E-state index < -0.39 is 0 Å². The van der Waals surface area contributed by atoms with E-state index in [0.29, 0.717) is 17.9 Å². The van der Waals surface area contributed by atoms with Gasteiger partial charge in [0.1, 0.15) is 0 Å². The minimum absolute atomic E-state index is 0.202. The lowest BCUT2D eigenvalue weighted by Crippen LogP contribution is -2.49. The predicted molar refractivity (Wildman–Crippen MR) is 80.4 cm³/mol. The van der Waals surface area contributed by atoms with E-state index in [1.54, 1.807) is 0 Å². The first-order valence-electron chi connectivity index (χ1n) is 7.69. The minimum atomic E-state index is 0.202. The summed E-state index contributed by atoms with van der Waals surface area (Å²) in [5.74, 6) is 0.983. The van der Waals surface area contributed by atoms with Gasteiger partial charge in [0.05, 0.1) is 0 Å². The van der Waals surface area contributed by atoms with Gasteiger partial charge >= 0.3 is 0 Å². The van der Waals surface area contributed by atoms with Crippen LogP contribution >= 0.6 is 0 Å². The molecule has 3 nitrogen and oxygen atoms in total. The molecule has 108 valence electrons. The maximum Gasteiger partial charge on any atom is 0.226 e. The second-order valence-electron chi connectivity index (χ2n) is 6.47. The van der Waals surface area contributed by atoms with Crippen LogP contribution < -0.4 is 5.73 Å². The van der Waals surface area contributed by atoms with Gasteiger partial charge in [-0.3, -0.25) is 4.79 Å². The Morgan fingerprint density at radius 3 is 2.75 bits per heavy atom. The van der Waals surface area contributed by atoms with Crippen LogP contribution in [0.2, 0.25) is 0 Å². The third kappa shape index (κ3) is 2.47. The first-order valence-corrected chi connectivity index (χ1v) is 7.69. The number of amides is 1. The molecule has 3 rings (SSSR count). The summed E-state index contributed by atoms with van der Waals surface area (Å²) in [6.45, 7) is 5.10. The molecule has 1 aromatic carbocycles. The highest BCUT2D eigenvalue weighted by molar-refractivity contribution is 5.83. The third-order valence-electron chi connectivity index (χ3n) is 4.90. The van der Waals surface area contributed by atoms with Crippen molar-refractivity contribution in [2.24, 2.45) is 11.7 Å². The van der Waals surface area contributed by atoms with E-state index in [9.17, 15) is 4.79 Å². The standard InChI is InChI=1S/C17H24N2O/c1-11-5-3-4-6-14(11)15-10-16(15)17(20)19-8-7-13(18)9-12(19)2/h3-6,12-13,15-16H,7-10,18H2,1-2H3. The number of nitrogens with two attached hydrogens (primary N) is 1. The van der Waals surface area contributed by atoms with Crippen LogP contribution in [0.15, 0.2) is 24.3 Å². The molecular weight excluding hydrogens is 248 g/mol. The molecule has 1 aliphatic carbocycles. The molecule has 2 fully saturated rings. The van der Waals surface area contributed by atoms with Gasteiger partial charge in [-0.1, -0.05) is 24.3 Å². The molecule has 0 bridgehead atoms. The maximum absolute atomic E-state index is 12.7. The summed E-state index contributed by atoms with van der Waals surface area (Å²) < 4.78 is 0. The minimum Gasteiger partial charge on any atom is -0.340 e. The first-order chi connectivity index (χ1) is 9.58. The quantitative estimate of drug-likeness (QED) is 0.899. The van der Waals surface area contributed by atoms with Gasteiger partial charge in [-0.2, -0.15) is 0 Å². The largest absolute Gasteiger partial charge is 0.340 e. The van der Waals surface area contributed by atoms with Crippen LogP contribution in [0.25, 0.3) is 0 Å². The number of likely N-dealkylation sites (tertiary alicyclic amines) is 1. The molecule has 2 aliphatic rings. The summed E-state index contributed by atoms with van der Waals surface area (Å²) in [4.78, 5) is 14.7. The Balaban J connectivity index is 1.67. The summed E-state index contributed by atoms with van der Waals surface area (Å²) in [5.41, 5.74) is 8.64. The molecule has 0 radical (unpaired) electrons. The fourth-order valence-corrected chi connectivity index (χ4v) is 3.56. The molecular formula is C17H24N2O. The molecule has 1 aromatic rings. The second-order valence-corrected chi connectivity index (χ2v) is 6.47. The number of carbonyl (C=O) groups is 1. The van der Waals surface area contributed by atoms with E-state index in [1.165, 1.54) is 11.1 Å². The summed E-state index contributed by atoms with van der Waals surface area (Å²) in [6.07, 6.45) is 2.89. The lowest BCUT2D eigenvalue weighted by Gasteiger charge is -2.36. The van der Waals surface area contributed by atoms with Crippen LogP contribution in [0.1, 0.15) is 43.2 Å². The number of carbonyl (C=O) groups excluding carboxylic acids is 1. The van der Waals surface area contributed by atoms with Crippen molar-refractivity contribution in [3.63, 3.8) is 0 Å². The van der Waals surface area contributed by atoms with E-state index in [2.05, 4.69) is 43.0 Å². The fraction of sp³-hybridized carbons (Fsp3) is 0.588. The van der Waals surface area contributed by atoms with E-state index >= 15 is 0 Å². The van der Waals surface area contributed by atoms with Gasteiger partial charge in [-0.15, -0.1) is 0 Å². The van der Waals surface area contributed by atoms with Gasteiger partial charge in [-0.05, 0) is 50.2 Å². The number of benzene rings is 1. The highest BCUT2D eigenvalue weighted by atomic mass is 16.2. The molecule has 1 saturated heterocycles. The molecule has 1 amide bonds. The summed E-state index contributed by atoms with van der Waals surface area (Å²) in [6, 6.07) is 9.00. The van der Waals surface area contributed by atoms with Crippen molar-refractivity contribution in [3.05, 3.63) is 35.4 Å². The Hall–Kier alpha value is -1.35. The van der Waals surface area contributed by atoms with Crippen molar-refractivity contribution in [1.82, 2.24) is 4.90 Å². The van der Waals surface area contributed by atoms with Gasteiger partial charge in [0.15, 0.2) is 0 Å². The van der Waals surface area contributed by atoms with Gasteiger partial charge in [0.25, 0.3) is 0 Å². The number of nitrogens with zero attached hydrogens (tertiary/aromatic N) is 1. The summed E-state index contributed by atoms with van der Waals surface area (Å²) in [5, 5.41) is 0. The van der Waals surface area contributed by atoms with E-state index in [0.717, 1.165) is 25.8 Å². The van der Waals surface area contributed by atoms with Crippen LogP contribution in [-0.2, 0) is 4.79 Å².